The highest BCUT2D eigenvalue weighted by molar-refractivity contribution is 5.02. The van der Waals surface area contributed by atoms with E-state index in [0.29, 0.717) is 0 Å². The van der Waals surface area contributed by atoms with E-state index >= 15 is 0 Å². The van der Waals surface area contributed by atoms with Crippen LogP contribution in [0.15, 0.2) is 0 Å². The normalized spacial score (nSPS) is 35.6. The Hall–Kier alpha value is -0.120. The quantitative estimate of drug-likeness (QED) is 0.818. The second-order valence-electron chi connectivity index (χ2n) is 5.65. The molecule has 2 fully saturated rings. The second-order valence-corrected chi connectivity index (χ2v) is 5.65. The van der Waals surface area contributed by atoms with Gasteiger partial charge in [-0.3, -0.25) is 4.90 Å². The molecule has 2 N–H and O–H groups in total. The molecule has 0 aromatic heterocycles. The average molecular weight is 240 g/mol. The van der Waals surface area contributed by atoms with Crippen LogP contribution in [-0.2, 0) is 4.74 Å². The molecule has 100 valence electrons. The first-order valence-corrected chi connectivity index (χ1v) is 7.33. The summed E-state index contributed by atoms with van der Waals surface area (Å²) in [5, 5.41) is 0. The van der Waals surface area contributed by atoms with Crippen LogP contribution >= 0.6 is 0 Å². The van der Waals surface area contributed by atoms with Gasteiger partial charge < -0.3 is 10.5 Å². The lowest BCUT2D eigenvalue weighted by Crippen LogP contribution is -2.61. The van der Waals surface area contributed by atoms with E-state index < -0.39 is 0 Å². The predicted molar refractivity (Wildman–Crippen MR) is 71.1 cm³/mol. The average Bonchev–Trinajstić information content (AvgIpc) is 2.74. The number of rotatable bonds is 4. The zero-order valence-electron chi connectivity index (χ0n) is 11.5. The highest BCUT2D eigenvalue weighted by Crippen LogP contribution is 2.36. The summed E-state index contributed by atoms with van der Waals surface area (Å²) >= 11 is 0. The Bertz CT molecular complexity index is 240. The Balaban J connectivity index is 2.14. The van der Waals surface area contributed by atoms with Crippen LogP contribution in [0.1, 0.15) is 52.4 Å². The molecule has 0 spiro atoms. The summed E-state index contributed by atoms with van der Waals surface area (Å²) in [6.07, 6.45) is 8.28. The zero-order valence-corrected chi connectivity index (χ0v) is 11.5. The van der Waals surface area contributed by atoms with E-state index in [9.17, 15) is 0 Å². The van der Waals surface area contributed by atoms with E-state index in [2.05, 4.69) is 18.7 Å². The van der Waals surface area contributed by atoms with E-state index in [0.717, 1.165) is 32.2 Å². The van der Waals surface area contributed by atoms with Crippen LogP contribution in [0.3, 0.4) is 0 Å². The molecule has 2 rings (SSSR count). The van der Waals surface area contributed by atoms with Gasteiger partial charge in [-0.1, -0.05) is 26.2 Å². The van der Waals surface area contributed by atoms with Crippen LogP contribution in [0.5, 0.6) is 0 Å². The summed E-state index contributed by atoms with van der Waals surface area (Å²) in [7, 11) is 0. The Labute approximate surface area is 106 Å². The van der Waals surface area contributed by atoms with Gasteiger partial charge in [0.05, 0.1) is 11.6 Å². The van der Waals surface area contributed by atoms with Crippen molar-refractivity contribution in [3.8, 4) is 0 Å². The minimum Gasteiger partial charge on any atom is -0.376 e. The smallest absolute Gasteiger partial charge is 0.0743 e. The van der Waals surface area contributed by atoms with Gasteiger partial charge in [-0.05, 0) is 32.7 Å². The fraction of sp³-hybridized carbons (Fsp3) is 1.00. The lowest BCUT2D eigenvalue weighted by atomic mass is 9.84. The number of ether oxygens (including phenoxy) is 1. The molecule has 17 heavy (non-hydrogen) atoms. The molecule has 2 unspecified atom stereocenters. The van der Waals surface area contributed by atoms with Crippen molar-refractivity contribution in [2.24, 2.45) is 5.73 Å². The van der Waals surface area contributed by atoms with Gasteiger partial charge in [0.15, 0.2) is 0 Å². The first kappa shape index (κ1) is 13.3. The minimum absolute atomic E-state index is 0.108. The summed E-state index contributed by atoms with van der Waals surface area (Å²) in [4.78, 5) is 2.67. The summed E-state index contributed by atoms with van der Waals surface area (Å²) in [6, 6.07) is 0.737. The zero-order chi connectivity index (χ0) is 12.3. The summed E-state index contributed by atoms with van der Waals surface area (Å²) in [6.45, 7) is 7.19. The van der Waals surface area contributed by atoms with Crippen molar-refractivity contribution >= 4 is 0 Å². The fourth-order valence-corrected chi connectivity index (χ4v) is 3.86. The van der Waals surface area contributed by atoms with Gasteiger partial charge in [-0.15, -0.1) is 0 Å². The van der Waals surface area contributed by atoms with Crippen molar-refractivity contribution in [1.29, 1.82) is 0 Å². The molecular formula is C14H28N2O. The van der Waals surface area contributed by atoms with Gasteiger partial charge in [0.2, 0.25) is 0 Å². The van der Waals surface area contributed by atoms with E-state index in [4.69, 9.17) is 10.5 Å². The Morgan fingerprint density at radius 1 is 1.29 bits per heavy atom. The number of likely N-dealkylation sites (N-methyl/N-ethyl adjacent to an activating group) is 1. The summed E-state index contributed by atoms with van der Waals surface area (Å²) < 4.78 is 5.81. The first-order chi connectivity index (χ1) is 8.24. The van der Waals surface area contributed by atoms with Gasteiger partial charge >= 0.3 is 0 Å². The molecule has 0 amide bonds. The van der Waals surface area contributed by atoms with Crippen molar-refractivity contribution in [3.63, 3.8) is 0 Å². The van der Waals surface area contributed by atoms with Crippen LogP contribution in [-0.4, -0.2) is 42.3 Å². The summed E-state index contributed by atoms with van der Waals surface area (Å²) in [5.41, 5.74) is 6.23. The fourth-order valence-electron chi connectivity index (χ4n) is 3.86. The van der Waals surface area contributed by atoms with E-state index in [1.165, 1.54) is 32.1 Å². The topological polar surface area (TPSA) is 38.5 Å². The number of hydrogen-bond acceptors (Lipinski definition) is 3. The molecule has 0 aromatic carbocycles. The van der Waals surface area contributed by atoms with Gasteiger partial charge in [-0.25, -0.2) is 0 Å². The van der Waals surface area contributed by atoms with E-state index in [-0.39, 0.29) is 11.6 Å². The first-order valence-electron chi connectivity index (χ1n) is 7.33. The largest absolute Gasteiger partial charge is 0.376 e. The van der Waals surface area contributed by atoms with E-state index in [1.54, 1.807) is 0 Å². The lowest BCUT2D eigenvalue weighted by molar-refractivity contribution is -0.0164. The van der Waals surface area contributed by atoms with Crippen LogP contribution in [0.25, 0.3) is 0 Å². The molecule has 0 aromatic rings. The maximum atomic E-state index is 6.12. The predicted octanol–water partition coefficient (Wildman–Crippen LogP) is 2.15. The van der Waals surface area contributed by atoms with Crippen molar-refractivity contribution in [2.45, 2.75) is 70.1 Å². The van der Waals surface area contributed by atoms with Crippen molar-refractivity contribution in [2.75, 3.05) is 19.7 Å². The lowest BCUT2D eigenvalue weighted by Gasteiger charge is -2.47. The standard InChI is InChI=1S/C14H28N2O/c1-3-16(13-7-5-4-6-8-13)14(11-15)9-10-17-12(14)2/h12-13H,3-11,15H2,1-2H3. The maximum Gasteiger partial charge on any atom is 0.0743 e. The Morgan fingerprint density at radius 2 is 2.00 bits per heavy atom. The van der Waals surface area contributed by atoms with Crippen molar-refractivity contribution in [3.05, 3.63) is 0 Å². The molecule has 3 heteroatoms. The molecular weight excluding hydrogens is 212 g/mol. The second kappa shape index (κ2) is 5.68. The van der Waals surface area contributed by atoms with Crippen LogP contribution < -0.4 is 5.73 Å². The molecule has 1 saturated carbocycles. The van der Waals surface area contributed by atoms with Crippen molar-refractivity contribution in [1.82, 2.24) is 4.90 Å². The third-order valence-corrected chi connectivity index (χ3v) is 4.94. The van der Waals surface area contributed by atoms with Gasteiger partial charge in [-0.2, -0.15) is 0 Å². The third-order valence-electron chi connectivity index (χ3n) is 4.94. The Kier molecular flexibility index (Phi) is 4.45. The van der Waals surface area contributed by atoms with Crippen LogP contribution in [0, 0.1) is 0 Å². The number of nitrogens with zero attached hydrogens (tertiary/aromatic N) is 1. The highest BCUT2D eigenvalue weighted by atomic mass is 16.5. The Morgan fingerprint density at radius 3 is 2.47 bits per heavy atom. The molecule has 1 saturated heterocycles. The van der Waals surface area contributed by atoms with Crippen molar-refractivity contribution < 1.29 is 4.74 Å². The highest BCUT2D eigenvalue weighted by Gasteiger charge is 2.46. The molecule has 1 heterocycles. The molecule has 2 aliphatic rings. The van der Waals surface area contributed by atoms with E-state index in [1.807, 2.05) is 0 Å². The summed E-state index contributed by atoms with van der Waals surface area (Å²) in [5.74, 6) is 0. The monoisotopic (exact) mass is 240 g/mol. The molecule has 1 aliphatic heterocycles. The molecule has 2 atom stereocenters. The number of nitrogens with two attached hydrogens (primary N) is 1. The molecule has 1 aliphatic carbocycles. The number of hydrogen-bond donors (Lipinski definition) is 1. The third kappa shape index (κ3) is 2.38. The molecule has 0 radical (unpaired) electrons. The minimum atomic E-state index is 0.108. The SMILES string of the molecule is CCN(C1CCCCC1)C1(CN)CCOC1C. The van der Waals surface area contributed by atoms with Gasteiger partial charge in [0.25, 0.3) is 0 Å². The molecule has 3 nitrogen and oxygen atoms in total. The molecule has 0 bridgehead atoms. The van der Waals surface area contributed by atoms with Crippen LogP contribution in [0.4, 0.5) is 0 Å². The van der Waals surface area contributed by atoms with Gasteiger partial charge in [0, 0.05) is 19.2 Å². The van der Waals surface area contributed by atoms with Gasteiger partial charge in [0.1, 0.15) is 0 Å². The van der Waals surface area contributed by atoms with Crippen LogP contribution in [0.2, 0.25) is 0 Å². The maximum absolute atomic E-state index is 6.12.